The van der Waals surface area contributed by atoms with Crippen molar-refractivity contribution in [2.24, 2.45) is 0 Å². The lowest BCUT2D eigenvalue weighted by molar-refractivity contribution is 0.161. The van der Waals surface area contributed by atoms with Crippen molar-refractivity contribution in [2.75, 3.05) is 6.54 Å². The minimum absolute atomic E-state index is 0.167. The molecule has 0 unspecified atom stereocenters. The van der Waals surface area contributed by atoms with Gasteiger partial charge in [0, 0.05) is 18.8 Å². The lowest BCUT2D eigenvalue weighted by Crippen LogP contribution is -2.47. The molecule has 2 rings (SSSR count). The van der Waals surface area contributed by atoms with Gasteiger partial charge in [0.15, 0.2) is 6.23 Å². The van der Waals surface area contributed by atoms with E-state index in [9.17, 15) is 14.7 Å². The van der Waals surface area contributed by atoms with Crippen LogP contribution in [0.15, 0.2) is 11.8 Å². The van der Waals surface area contributed by atoms with Crippen LogP contribution < -0.4 is 21.3 Å². The van der Waals surface area contributed by atoms with Gasteiger partial charge in [0.05, 0.1) is 0 Å². The Balaban J connectivity index is 1.65. The summed E-state index contributed by atoms with van der Waals surface area (Å²) in [7, 11) is 0. The largest absolute Gasteiger partial charge is 0.370 e. The number of hydrogen-bond acceptors (Lipinski definition) is 3. The number of hydrogen-bond donors (Lipinski definition) is 5. The molecule has 0 aromatic carbocycles. The first-order valence-corrected chi connectivity index (χ1v) is 7.13. The van der Waals surface area contributed by atoms with Crippen molar-refractivity contribution >= 4 is 12.1 Å². The standard InChI is InChI=1S/C13H22N4O3/c18-11-9(8-15-13(20)17-11)6-7-14-12(19)16-10-4-2-1-3-5-10/h8,10-11,18H,1-7H2,(H2,14,16,19)(H2,15,17,20)/t11-/m1/s1. The van der Waals surface area contributed by atoms with Crippen molar-refractivity contribution in [1.82, 2.24) is 21.3 Å². The Labute approximate surface area is 118 Å². The van der Waals surface area contributed by atoms with Gasteiger partial charge in [-0.25, -0.2) is 9.59 Å². The number of nitrogens with one attached hydrogen (secondary N) is 4. The number of carbonyl (C=O) groups excluding carboxylic acids is 2. The zero-order valence-corrected chi connectivity index (χ0v) is 11.4. The Morgan fingerprint density at radius 3 is 2.80 bits per heavy atom. The highest BCUT2D eigenvalue weighted by atomic mass is 16.3. The van der Waals surface area contributed by atoms with E-state index in [1.165, 1.54) is 25.5 Å². The van der Waals surface area contributed by atoms with Crippen LogP contribution in [0.2, 0.25) is 0 Å². The molecule has 0 saturated heterocycles. The third-order valence-corrected chi connectivity index (χ3v) is 3.65. The van der Waals surface area contributed by atoms with E-state index in [4.69, 9.17) is 0 Å². The number of urea groups is 2. The van der Waals surface area contributed by atoms with E-state index in [2.05, 4.69) is 21.3 Å². The minimum atomic E-state index is -0.980. The average Bonchev–Trinajstić information content (AvgIpc) is 2.42. The minimum Gasteiger partial charge on any atom is -0.370 e. The van der Waals surface area contributed by atoms with Gasteiger partial charge in [0.1, 0.15) is 0 Å². The molecule has 1 fully saturated rings. The summed E-state index contributed by atoms with van der Waals surface area (Å²) >= 11 is 0. The molecule has 7 heteroatoms. The Bertz CT molecular complexity index is 391. The normalized spacial score (nSPS) is 23.4. The summed E-state index contributed by atoms with van der Waals surface area (Å²) in [6.45, 7) is 0.416. The first kappa shape index (κ1) is 14.6. The molecule has 7 nitrogen and oxygen atoms in total. The van der Waals surface area contributed by atoms with E-state index in [1.54, 1.807) is 0 Å². The number of aliphatic hydroxyl groups excluding tert-OH is 1. The maximum Gasteiger partial charge on any atom is 0.321 e. The SMILES string of the molecule is O=C(NCCC1=CNC(=O)N[C@@H]1O)NC1CCCCC1. The molecule has 1 aliphatic heterocycles. The summed E-state index contributed by atoms with van der Waals surface area (Å²) in [4.78, 5) is 22.6. The van der Waals surface area contributed by atoms with Gasteiger partial charge in [0.25, 0.3) is 0 Å². The van der Waals surface area contributed by atoms with E-state index in [-0.39, 0.29) is 12.1 Å². The number of carbonyl (C=O) groups is 2. The van der Waals surface area contributed by atoms with Crippen LogP contribution in [0.5, 0.6) is 0 Å². The second-order valence-corrected chi connectivity index (χ2v) is 5.22. The lowest BCUT2D eigenvalue weighted by Gasteiger charge is -2.23. The third kappa shape index (κ3) is 4.41. The van der Waals surface area contributed by atoms with Crippen molar-refractivity contribution in [3.05, 3.63) is 11.8 Å². The van der Waals surface area contributed by atoms with Gasteiger partial charge in [-0.1, -0.05) is 19.3 Å². The maximum atomic E-state index is 11.7. The number of aliphatic hydroxyl groups is 1. The predicted octanol–water partition coefficient (Wildman–Crippen LogP) is 0.523. The molecule has 2 aliphatic rings. The van der Waals surface area contributed by atoms with Crippen LogP contribution in [0.3, 0.4) is 0 Å². The molecule has 0 aromatic rings. The fraction of sp³-hybridized carbons (Fsp3) is 0.692. The highest BCUT2D eigenvalue weighted by Gasteiger charge is 2.19. The van der Waals surface area contributed by atoms with E-state index < -0.39 is 12.3 Å². The van der Waals surface area contributed by atoms with E-state index >= 15 is 0 Å². The van der Waals surface area contributed by atoms with Crippen LogP contribution in [0.4, 0.5) is 9.59 Å². The maximum absolute atomic E-state index is 11.7. The van der Waals surface area contributed by atoms with Crippen LogP contribution in [0, 0.1) is 0 Å². The van der Waals surface area contributed by atoms with E-state index in [0.29, 0.717) is 18.5 Å². The average molecular weight is 282 g/mol. The van der Waals surface area contributed by atoms with Gasteiger partial charge in [0.2, 0.25) is 0 Å². The Morgan fingerprint density at radius 2 is 2.10 bits per heavy atom. The summed E-state index contributed by atoms with van der Waals surface area (Å²) in [6.07, 6.45) is 6.68. The van der Waals surface area contributed by atoms with Gasteiger partial charge in [-0.15, -0.1) is 0 Å². The van der Waals surface area contributed by atoms with Crippen LogP contribution in [-0.4, -0.2) is 36.0 Å². The van der Waals surface area contributed by atoms with Crippen molar-refractivity contribution in [2.45, 2.75) is 50.8 Å². The molecule has 1 atom stereocenters. The van der Waals surface area contributed by atoms with Crippen molar-refractivity contribution in [3.63, 3.8) is 0 Å². The van der Waals surface area contributed by atoms with Crippen molar-refractivity contribution in [3.8, 4) is 0 Å². The Kier molecular flexibility index (Phi) is 5.23. The number of amides is 4. The van der Waals surface area contributed by atoms with Crippen molar-refractivity contribution in [1.29, 1.82) is 0 Å². The summed E-state index contributed by atoms with van der Waals surface area (Å²) in [5.41, 5.74) is 0.641. The molecule has 1 heterocycles. The first-order valence-electron chi connectivity index (χ1n) is 7.13. The van der Waals surface area contributed by atoms with Crippen LogP contribution in [0.25, 0.3) is 0 Å². The molecule has 4 amide bonds. The molecule has 0 radical (unpaired) electrons. The summed E-state index contributed by atoms with van der Waals surface area (Å²) < 4.78 is 0. The zero-order chi connectivity index (χ0) is 14.4. The predicted molar refractivity (Wildman–Crippen MR) is 73.8 cm³/mol. The highest BCUT2D eigenvalue weighted by molar-refractivity contribution is 5.77. The van der Waals surface area contributed by atoms with Crippen LogP contribution in [0.1, 0.15) is 38.5 Å². The summed E-state index contributed by atoms with van der Waals surface area (Å²) in [5.74, 6) is 0. The molecule has 1 saturated carbocycles. The topological polar surface area (TPSA) is 102 Å². The molecular formula is C13H22N4O3. The van der Waals surface area contributed by atoms with Gasteiger partial charge in [-0.3, -0.25) is 0 Å². The quantitative estimate of drug-likeness (QED) is 0.519. The second kappa shape index (κ2) is 7.14. The Hall–Kier alpha value is -1.76. The van der Waals surface area contributed by atoms with Gasteiger partial charge < -0.3 is 26.4 Å². The van der Waals surface area contributed by atoms with Gasteiger partial charge in [-0.2, -0.15) is 0 Å². The van der Waals surface area contributed by atoms with Crippen molar-refractivity contribution < 1.29 is 14.7 Å². The molecule has 5 N–H and O–H groups in total. The van der Waals surface area contributed by atoms with E-state index in [1.807, 2.05) is 0 Å². The molecule has 0 spiro atoms. The smallest absolute Gasteiger partial charge is 0.321 e. The molecule has 1 aliphatic carbocycles. The molecule has 20 heavy (non-hydrogen) atoms. The highest BCUT2D eigenvalue weighted by Crippen LogP contribution is 2.17. The molecular weight excluding hydrogens is 260 g/mol. The Morgan fingerprint density at radius 1 is 1.35 bits per heavy atom. The number of rotatable bonds is 4. The molecule has 0 aromatic heterocycles. The summed E-state index contributed by atoms with van der Waals surface area (Å²) in [5, 5.41) is 20.1. The summed E-state index contributed by atoms with van der Waals surface area (Å²) in [6, 6.07) is -0.312. The van der Waals surface area contributed by atoms with Crippen LogP contribution in [-0.2, 0) is 0 Å². The zero-order valence-electron chi connectivity index (χ0n) is 11.4. The van der Waals surface area contributed by atoms with Crippen LogP contribution >= 0.6 is 0 Å². The molecule has 112 valence electrons. The van der Waals surface area contributed by atoms with Gasteiger partial charge in [-0.05, 0) is 24.8 Å². The second-order valence-electron chi connectivity index (χ2n) is 5.22. The lowest BCUT2D eigenvalue weighted by atomic mass is 9.96. The fourth-order valence-corrected chi connectivity index (χ4v) is 2.51. The van der Waals surface area contributed by atoms with Gasteiger partial charge >= 0.3 is 12.1 Å². The van der Waals surface area contributed by atoms with E-state index in [0.717, 1.165) is 12.8 Å². The monoisotopic (exact) mass is 282 g/mol. The third-order valence-electron chi connectivity index (χ3n) is 3.65. The first-order chi connectivity index (χ1) is 9.65. The molecule has 0 bridgehead atoms. The fourth-order valence-electron chi connectivity index (χ4n) is 2.51.